The van der Waals surface area contributed by atoms with Gasteiger partial charge in [-0.05, 0) is 51.2 Å². The summed E-state index contributed by atoms with van der Waals surface area (Å²) in [5, 5.41) is 0. The minimum absolute atomic E-state index is 0.00108. The molecule has 1 N–H and O–H groups in total. The zero-order valence-corrected chi connectivity index (χ0v) is 17.3. The van der Waals surface area contributed by atoms with E-state index in [1.807, 2.05) is 30.3 Å². The third-order valence-electron chi connectivity index (χ3n) is 5.29. The Morgan fingerprint density at radius 2 is 1.83 bits per heavy atom. The molecule has 2 aromatic rings. The van der Waals surface area contributed by atoms with Gasteiger partial charge in [-0.3, -0.25) is 9.59 Å². The molecule has 1 fully saturated rings. The molecule has 29 heavy (non-hydrogen) atoms. The zero-order valence-electron chi connectivity index (χ0n) is 17.3. The standard InChI is InChI=1S/C23H28N2O4/c1-4-29-23(28)22-15(2)21(16(3)24-22)19(26)14-25(18-11-12-18)20(27)13-10-17-8-6-5-7-9-17/h5-9,18,24H,4,10-14H2,1-3H3. The highest BCUT2D eigenvalue weighted by Crippen LogP contribution is 2.29. The van der Waals surface area contributed by atoms with Crippen LogP contribution in [0.1, 0.15) is 63.9 Å². The molecule has 0 unspecified atom stereocenters. The average Bonchev–Trinajstić information content (AvgIpc) is 3.49. The van der Waals surface area contributed by atoms with E-state index in [0.717, 1.165) is 18.4 Å². The van der Waals surface area contributed by atoms with Crippen molar-refractivity contribution in [1.82, 2.24) is 9.88 Å². The highest BCUT2D eigenvalue weighted by molar-refractivity contribution is 6.04. The molecular formula is C23H28N2O4. The Bertz CT molecular complexity index is 897. The van der Waals surface area contributed by atoms with Gasteiger partial charge in [-0.15, -0.1) is 0 Å². The van der Waals surface area contributed by atoms with Gasteiger partial charge in [-0.2, -0.15) is 0 Å². The first-order chi connectivity index (χ1) is 13.9. The number of nitrogens with zero attached hydrogens (tertiary/aromatic N) is 1. The largest absolute Gasteiger partial charge is 0.461 e. The topological polar surface area (TPSA) is 79.5 Å². The molecule has 1 aromatic heterocycles. The Labute approximate surface area is 171 Å². The molecule has 1 aliphatic carbocycles. The summed E-state index contributed by atoms with van der Waals surface area (Å²) in [7, 11) is 0. The molecule has 0 aliphatic heterocycles. The molecule has 0 saturated heterocycles. The summed E-state index contributed by atoms with van der Waals surface area (Å²) in [6.45, 7) is 5.55. The maximum atomic E-state index is 13.0. The number of rotatable bonds is 9. The molecule has 154 valence electrons. The number of aryl methyl sites for hydroxylation is 2. The summed E-state index contributed by atoms with van der Waals surface area (Å²) >= 11 is 0. The van der Waals surface area contributed by atoms with E-state index in [1.165, 1.54) is 0 Å². The SMILES string of the molecule is CCOC(=O)c1[nH]c(C)c(C(=O)CN(C(=O)CCc2ccccc2)C2CC2)c1C. The Hall–Kier alpha value is -2.89. The summed E-state index contributed by atoms with van der Waals surface area (Å²) in [6.07, 6.45) is 2.91. The van der Waals surface area contributed by atoms with Gasteiger partial charge in [-0.1, -0.05) is 30.3 Å². The van der Waals surface area contributed by atoms with Crippen LogP contribution in [0.4, 0.5) is 0 Å². The predicted molar refractivity (Wildman–Crippen MR) is 110 cm³/mol. The maximum absolute atomic E-state index is 13.0. The number of ether oxygens (including phenoxy) is 1. The van der Waals surface area contributed by atoms with Gasteiger partial charge in [-0.25, -0.2) is 4.79 Å². The number of Topliss-reactive ketones (excluding diaryl/α,β-unsaturated/α-hetero) is 1. The minimum Gasteiger partial charge on any atom is -0.461 e. The number of aromatic amines is 1. The van der Waals surface area contributed by atoms with E-state index in [-0.39, 0.29) is 30.9 Å². The van der Waals surface area contributed by atoms with Crippen molar-refractivity contribution in [3.05, 3.63) is 58.4 Å². The van der Waals surface area contributed by atoms with E-state index in [9.17, 15) is 14.4 Å². The van der Waals surface area contributed by atoms with Crippen LogP contribution in [0.25, 0.3) is 0 Å². The van der Waals surface area contributed by atoms with Crippen molar-refractivity contribution in [2.75, 3.05) is 13.2 Å². The number of H-pyrrole nitrogens is 1. The molecular weight excluding hydrogens is 368 g/mol. The lowest BCUT2D eigenvalue weighted by atomic mass is 10.0. The van der Waals surface area contributed by atoms with Gasteiger partial charge >= 0.3 is 5.97 Å². The van der Waals surface area contributed by atoms with E-state index >= 15 is 0 Å². The first-order valence-corrected chi connectivity index (χ1v) is 10.1. The van der Waals surface area contributed by atoms with E-state index < -0.39 is 5.97 Å². The Morgan fingerprint density at radius 3 is 2.45 bits per heavy atom. The van der Waals surface area contributed by atoms with Crippen LogP contribution in [0, 0.1) is 13.8 Å². The summed E-state index contributed by atoms with van der Waals surface area (Å²) < 4.78 is 5.05. The second-order valence-electron chi connectivity index (χ2n) is 7.51. The fourth-order valence-corrected chi connectivity index (χ4v) is 3.66. The van der Waals surface area contributed by atoms with E-state index in [0.29, 0.717) is 35.4 Å². The van der Waals surface area contributed by atoms with Gasteiger partial charge in [0.25, 0.3) is 0 Å². The number of benzene rings is 1. The van der Waals surface area contributed by atoms with Crippen LogP contribution in [0.5, 0.6) is 0 Å². The van der Waals surface area contributed by atoms with Gasteiger partial charge in [0.2, 0.25) is 5.91 Å². The summed E-state index contributed by atoms with van der Waals surface area (Å²) in [5.74, 6) is -0.613. The van der Waals surface area contributed by atoms with Gasteiger partial charge < -0.3 is 14.6 Å². The third kappa shape index (κ3) is 4.94. The average molecular weight is 396 g/mol. The number of carbonyl (C=O) groups excluding carboxylic acids is 3. The minimum atomic E-state index is -0.467. The number of aromatic nitrogens is 1. The predicted octanol–water partition coefficient (Wildman–Crippen LogP) is 3.61. The van der Waals surface area contributed by atoms with Crippen LogP contribution in [-0.4, -0.2) is 46.7 Å². The number of hydrogen-bond acceptors (Lipinski definition) is 4. The number of hydrogen-bond donors (Lipinski definition) is 1. The molecule has 1 amide bonds. The lowest BCUT2D eigenvalue weighted by Gasteiger charge is -2.22. The quantitative estimate of drug-likeness (QED) is 0.519. The van der Waals surface area contributed by atoms with Crippen molar-refractivity contribution >= 4 is 17.7 Å². The summed E-state index contributed by atoms with van der Waals surface area (Å²) in [5.41, 5.74) is 3.11. The fourth-order valence-electron chi connectivity index (χ4n) is 3.66. The van der Waals surface area contributed by atoms with E-state index in [4.69, 9.17) is 4.74 Å². The zero-order chi connectivity index (χ0) is 21.0. The maximum Gasteiger partial charge on any atom is 0.355 e. The van der Waals surface area contributed by atoms with E-state index in [1.54, 1.807) is 25.7 Å². The Balaban J connectivity index is 1.70. The number of esters is 1. The smallest absolute Gasteiger partial charge is 0.355 e. The first kappa shape index (κ1) is 20.8. The summed E-state index contributed by atoms with van der Waals surface area (Å²) in [4.78, 5) is 42.6. The number of nitrogens with one attached hydrogen (secondary N) is 1. The molecule has 6 heteroatoms. The molecule has 0 atom stereocenters. The second-order valence-corrected chi connectivity index (χ2v) is 7.51. The highest BCUT2D eigenvalue weighted by Gasteiger charge is 2.34. The third-order valence-corrected chi connectivity index (χ3v) is 5.29. The molecule has 0 radical (unpaired) electrons. The fraction of sp³-hybridized carbons (Fsp3) is 0.435. The van der Waals surface area contributed by atoms with Crippen molar-refractivity contribution in [3.8, 4) is 0 Å². The van der Waals surface area contributed by atoms with Gasteiger partial charge in [0.05, 0.1) is 13.2 Å². The van der Waals surface area contributed by atoms with Crippen molar-refractivity contribution in [2.24, 2.45) is 0 Å². The molecule has 1 heterocycles. The molecule has 0 spiro atoms. The van der Waals surface area contributed by atoms with E-state index in [2.05, 4.69) is 4.98 Å². The molecule has 0 bridgehead atoms. The van der Waals surface area contributed by atoms with Gasteiger partial charge in [0.15, 0.2) is 5.78 Å². The number of amides is 1. The monoisotopic (exact) mass is 396 g/mol. The highest BCUT2D eigenvalue weighted by atomic mass is 16.5. The number of carbonyl (C=O) groups is 3. The first-order valence-electron chi connectivity index (χ1n) is 10.1. The number of ketones is 1. The summed E-state index contributed by atoms with van der Waals surface area (Å²) in [6, 6.07) is 10.0. The van der Waals surface area contributed by atoms with Crippen LogP contribution in [-0.2, 0) is 16.0 Å². The van der Waals surface area contributed by atoms with Crippen molar-refractivity contribution in [3.63, 3.8) is 0 Å². The molecule has 3 rings (SSSR count). The second kappa shape index (κ2) is 9.07. The van der Waals surface area contributed by atoms with Crippen LogP contribution in [0.3, 0.4) is 0 Å². The van der Waals surface area contributed by atoms with Crippen molar-refractivity contribution in [2.45, 2.75) is 52.5 Å². The normalized spacial score (nSPS) is 13.2. The van der Waals surface area contributed by atoms with Crippen molar-refractivity contribution < 1.29 is 19.1 Å². The van der Waals surface area contributed by atoms with Gasteiger partial charge in [0.1, 0.15) is 5.69 Å². The molecule has 1 aromatic carbocycles. The Kier molecular flexibility index (Phi) is 6.52. The lowest BCUT2D eigenvalue weighted by molar-refractivity contribution is -0.131. The van der Waals surface area contributed by atoms with Gasteiger partial charge in [0, 0.05) is 23.7 Å². The van der Waals surface area contributed by atoms with Crippen LogP contribution in [0.2, 0.25) is 0 Å². The van der Waals surface area contributed by atoms with Crippen LogP contribution in [0.15, 0.2) is 30.3 Å². The van der Waals surface area contributed by atoms with Crippen LogP contribution < -0.4 is 0 Å². The van der Waals surface area contributed by atoms with Crippen molar-refractivity contribution in [1.29, 1.82) is 0 Å². The van der Waals surface area contributed by atoms with Crippen LogP contribution >= 0.6 is 0 Å². The molecule has 1 saturated carbocycles. The molecule has 6 nitrogen and oxygen atoms in total. The molecule has 1 aliphatic rings. The Morgan fingerprint density at radius 1 is 1.14 bits per heavy atom. The lowest BCUT2D eigenvalue weighted by Crippen LogP contribution is -2.38.